The van der Waals surface area contributed by atoms with Gasteiger partial charge in [0.15, 0.2) is 0 Å². The lowest BCUT2D eigenvalue weighted by Crippen LogP contribution is -2.21. The summed E-state index contributed by atoms with van der Waals surface area (Å²) in [6.07, 6.45) is 1.70. The van der Waals surface area contributed by atoms with Crippen molar-refractivity contribution in [2.75, 3.05) is 6.61 Å². The standard InChI is InChI=1S/C13H16BrCl2NO/c1-2-11(17)6-9-4-3-5-12(14)13(9)18-8-10(16)7-15/h3-5,7,11H,2,6,8,17H2,1H3. The number of hydrogen-bond donors (Lipinski definition) is 1. The molecule has 1 atom stereocenters. The minimum absolute atomic E-state index is 0.126. The molecule has 1 aromatic carbocycles. The minimum Gasteiger partial charge on any atom is -0.486 e. The molecule has 0 spiro atoms. The van der Waals surface area contributed by atoms with Gasteiger partial charge >= 0.3 is 0 Å². The average Bonchev–Trinajstić information content (AvgIpc) is 2.37. The second kappa shape index (κ2) is 8.05. The zero-order valence-corrected chi connectivity index (χ0v) is 13.2. The van der Waals surface area contributed by atoms with E-state index in [1.54, 1.807) is 0 Å². The molecule has 2 N–H and O–H groups in total. The molecule has 0 saturated heterocycles. The molecule has 0 aliphatic heterocycles. The summed E-state index contributed by atoms with van der Waals surface area (Å²) in [6.45, 7) is 2.32. The molecule has 0 radical (unpaired) electrons. The molecule has 0 amide bonds. The molecule has 1 aromatic rings. The fourth-order valence-electron chi connectivity index (χ4n) is 1.48. The summed E-state index contributed by atoms with van der Waals surface area (Å²) in [5.41, 5.74) is 8.35. The molecule has 1 rings (SSSR count). The van der Waals surface area contributed by atoms with E-state index in [-0.39, 0.29) is 12.6 Å². The van der Waals surface area contributed by atoms with Crippen molar-refractivity contribution in [1.82, 2.24) is 0 Å². The molecule has 0 heterocycles. The topological polar surface area (TPSA) is 35.2 Å². The maximum absolute atomic E-state index is 5.98. The van der Waals surface area contributed by atoms with Crippen LogP contribution in [-0.2, 0) is 6.42 Å². The summed E-state index contributed by atoms with van der Waals surface area (Å²) in [7, 11) is 0. The number of benzene rings is 1. The molecule has 0 aliphatic carbocycles. The van der Waals surface area contributed by atoms with Gasteiger partial charge in [-0.2, -0.15) is 0 Å². The van der Waals surface area contributed by atoms with Crippen molar-refractivity contribution in [3.63, 3.8) is 0 Å². The molecule has 0 fully saturated rings. The first-order valence-electron chi connectivity index (χ1n) is 5.69. The normalized spacial score (nSPS) is 13.5. The lowest BCUT2D eigenvalue weighted by molar-refractivity contribution is 0.352. The van der Waals surface area contributed by atoms with E-state index in [1.807, 2.05) is 18.2 Å². The van der Waals surface area contributed by atoms with Gasteiger partial charge in [-0.1, -0.05) is 42.3 Å². The second-order valence-electron chi connectivity index (χ2n) is 3.95. The predicted octanol–water partition coefficient (Wildman–Crippen LogP) is 4.43. The number of para-hydroxylation sites is 1. The van der Waals surface area contributed by atoms with Gasteiger partial charge in [0.05, 0.1) is 9.51 Å². The van der Waals surface area contributed by atoms with E-state index in [9.17, 15) is 0 Å². The third-order valence-corrected chi connectivity index (χ3v) is 3.75. The van der Waals surface area contributed by atoms with Gasteiger partial charge < -0.3 is 10.5 Å². The molecule has 100 valence electrons. The summed E-state index contributed by atoms with van der Waals surface area (Å²) < 4.78 is 6.57. The molecular formula is C13H16BrCl2NO. The van der Waals surface area contributed by atoms with Gasteiger partial charge in [0.1, 0.15) is 12.4 Å². The number of rotatable bonds is 6. The van der Waals surface area contributed by atoms with Crippen LogP contribution in [0.25, 0.3) is 0 Å². The van der Waals surface area contributed by atoms with E-state index in [0.717, 1.165) is 28.6 Å². The maximum atomic E-state index is 5.98. The summed E-state index contributed by atoms with van der Waals surface area (Å²) in [5.74, 6) is 0.776. The van der Waals surface area contributed by atoms with E-state index in [2.05, 4.69) is 22.9 Å². The van der Waals surface area contributed by atoms with Gasteiger partial charge in [-0.25, -0.2) is 0 Å². The highest BCUT2D eigenvalue weighted by molar-refractivity contribution is 9.10. The lowest BCUT2D eigenvalue weighted by atomic mass is 10.0. The van der Waals surface area contributed by atoms with E-state index < -0.39 is 0 Å². The smallest absolute Gasteiger partial charge is 0.137 e. The van der Waals surface area contributed by atoms with Crippen LogP contribution >= 0.6 is 39.1 Å². The quantitative estimate of drug-likeness (QED) is 0.822. The van der Waals surface area contributed by atoms with Crippen LogP contribution in [-0.4, -0.2) is 12.6 Å². The zero-order valence-electron chi connectivity index (χ0n) is 10.1. The van der Waals surface area contributed by atoms with Crippen molar-refractivity contribution < 1.29 is 4.74 Å². The monoisotopic (exact) mass is 351 g/mol. The summed E-state index contributed by atoms with van der Waals surface area (Å²) >= 11 is 14.8. The van der Waals surface area contributed by atoms with Crippen molar-refractivity contribution >= 4 is 39.1 Å². The number of hydrogen-bond acceptors (Lipinski definition) is 2. The highest BCUT2D eigenvalue weighted by Gasteiger charge is 2.11. The first-order chi connectivity index (χ1) is 8.58. The third-order valence-electron chi connectivity index (χ3n) is 2.53. The van der Waals surface area contributed by atoms with Crippen LogP contribution in [0.3, 0.4) is 0 Å². The summed E-state index contributed by atoms with van der Waals surface area (Å²) in [5, 5.41) is 0.457. The van der Waals surface area contributed by atoms with Gasteiger partial charge in [0.2, 0.25) is 0 Å². The Morgan fingerprint density at radius 1 is 1.56 bits per heavy atom. The highest BCUT2D eigenvalue weighted by Crippen LogP contribution is 2.30. The van der Waals surface area contributed by atoms with Crippen LogP contribution in [0.5, 0.6) is 5.75 Å². The minimum atomic E-state index is 0.126. The SMILES string of the molecule is CCC(N)Cc1cccc(Br)c1OCC(Cl)=CCl. The van der Waals surface area contributed by atoms with Gasteiger partial charge in [-0.05, 0) is 40.4 Å². The second-order valence-corrected chi connectivity index (χ2v) is 5.50. The fourth-order valence-corrected chi connectivity index (χ4v) is 2.11. The molecule has 18 heavy (non-hydrogen) atoms. The van der Waals surface area contributed by atoms with Crippen LogP contribution in [0.15, 0.2) is 33.2 Å². The first kappa shape index (κ1) is 15.8. The van der Waals surface area contributed by atoms with Gasteiger partial charge in [-0.3, -0.25) is 0 Å². The Kier molecular flexibility index (Phi) is 7.08. The van der Waals surface area contributed by atoms with Gasteiger partial charge in [-0.15, -0.1) is 0 Å². The lowest BCUT2D eigenvalue weighted by Gasteiger charge is -2.15. The van der Waals surface area contributed by atoms with Crippen LogP contribution in [0.1, 0.15) is 18.9 Å². The van der Waals surface area contributed by atoms with Crippen molar-refractivity contribution in [2.24, 2.45) is 5.73 Å². The van der Waals surface area contributed by atoms with Crippen LogP contribution < -0.4 is 10.5 Å². The Morgan fingerprint density at radius 3 is 2.89 bits per heavy atom. The zero-order chi connectivity index (χ0) is 13.5. The van der Waals surface area contributed by atoms with Crippen LogP contribution in [0.2, 0.25) is 0 Å². The molecule has 0 aromatic heterocycles. The van der Waals surface area contributed by atoms with Crippen LogP contribution in [0.4, 0.5) is 0 Å². The highest BCUT2D eigenvalue weighted by atomic mass is 79.9. The summed E-state index contributed by atoms with van der Waals surface area (Å²) in [6, 6.07) is 6.02. The van der Waals surface area contributed by atoms with E-state index in [0.29, 0.717) is 5.03 Å². The molecule has 0 bridgehead atoms. The number of halogens is 3. The number of ether oxygens (including phenoxy) is 1. The Labute approximate surface area is 126 Å². The Bertz CT molecular complexity index is 423. The van der Waals surface area contributed by atoms with Crippen molar-refractivity contribution in [3.05, 3.63) is 38.8 Å². The Morgan fingerprint density at radius 2 is 2.28 bits per heavy atom. The molecule has 1 unspecified atom stereocenters. The largest absolute Gasteiger partial charge is 0.486 e. The van der Waals surface area contributed by atoms with Gasteiger partial charge in [0, 0.05) is 11.6 Å². The molecule has 0 saturated carbocycles. The van der Waals surface area contributed by atoms with Crippen molar-refractivity contribution in [3.8, 4) is 5.75 Å². The van der Waals surface area contributed by atoms with Gasteiger partial charge in [0.25, 0.3) is 0 Å². The van der Waals surface area contributed by atoms with E-state index >= 15 is 0 Å². The average molecular weight is 353 g/mol. The summed E-state index contributed by atoms with van der Waals surface area (Å²) in [4.78, 5) is 0. The fraction of sp³-hybridized carbons (Fsp3) is 0.385. The van der Waals surface area contributed by atoms with E-state index in [1.165, 1.54) is 5.54 Å². The number of nitrogens with two attached hydrogens (primary N) is 1. The van der Waals surface area contributed by atoms with Crippen LogP contribution in [0, 0.1) is 0 Å². The predicted molar refractivity (Wildman–Crippen MR) is 81.4 cm³/mol. The molecule has 2 nitrogen and oxygen atoms in total. The Hall–Kier alpha value is -0.220. The van der Waals surface area contributed by atoms with E-state index in [4.69, 9.17) is 33.7 Å². The first-order valence-corrected chi connectivity index (χ1v) is 7.29. The van der Waals surface area contributed by atoms with Crippen molar-refractivity contribution in [1.29, 1.82) is 0 Å². The molecular weight excluding hydrogens is 337 g/mol. The van der Waals surface area contributed by atoms with Crippen molar-refractivity contribution in [2.45, 2.75) is 25.8 Å². The molecule has 5 heteroatoms. The Balaban J connectivity index is 2.86. The molecule has 0 aliphatic rings. The maximum Gasteiger partial charge on any atom is 0.137 e. The third kappa shape index (κ3) is 4.81.